The average molecular weight is 251 g/mol. The van der Waals surface area contributed by atoms with E-state index in [4.69, 9.17) is 0 Å². The minimum atomic E-state index is 1.26. The smallest absolute Gasteiger partial charge is 0.0644 e. The average Bonchev–Trinajstić information content (AvgIpc) is 2.75. The van der Waals surface area contributed by atoms with Crippen LogP contribution in [0.15, 0.2) is 36.4 Å². The van der Waals surface area contributed by atoms with Crippen molar-refractivity contribution in [3.63, 3.8) is 0 Å². The van der Waals surface area contributed by atoms with Gasteiger partial charge in [-0.2, -0.15) is 0 Å². The van der Waals surface area contributed by atoms with Crippen molar-refractivity contribution in [2.75, 3.05) is 38.0 Å². The zero-order chi connectivity index (χ0) is 13.6. The van der Waals surface area contributed by atoms with Crippen molar-refractivity contribution in [3.05, 3.63) is 53.9 Å². The molecule has 0 aliphatic heterocycles. The second-order valence-corrected chi connectivity index (χ2v) is 5.41. The molecule has 0 bridgehead atoms. The second kappa shape index (κ2) is 4.30. The Labute approximate surface area is 115 Å². The minimum Gasteiger partial charge on any atom is -0.376 e. The van der Waals surface area contributed by atoms with E-state index in [-0.39, 0.29) is 0 Å². The van der Waals surface area contributed by atoms with Crippen LogP contribution in [-0.4, -0.2) is 28.2 Å². The Kier molecular flexibility index (Phi) is 2.74. The highest BCUT2D eigenvalue weighted by Gasteiger charge is 2.24. The molecule has 2 aromatic carbocycles. The Hall–Kier alpha value is -1.96. The van der Waals surface area contributed by atoms with Crippen molar-refractivity contribution < 1.29 is 0 Å². The largest absolute Gasteiger partial charge is 0.376 e. The van der Waals surface area contributed by atoms with Crippen molar-refractivity contribution in [2.45, 2.75) is 0 Å². The van der Waals surface area contributed by atoms with Gasteiger partial charge < -0.3 is 9.80 Å². The van der Waals surface area contributed by atoms with Gasteiger partial charge in [-0.3, -0.25) is 0 Å². The monoisotopic (exact) mass is 251 g/mol. The summed E-state index contributed by atoms with van der Waals surface area (Å²) in [5.74, 6) is 0. The van der Waals surface area contributed by atoms with Crippen LogP contribution in [0.3, 0.4) is 0 Å². The molecule has 1 aliphatic carbocycles. The fourth-order valence-corrected chi connectivity index (χ4v) is 2.83. The lowest BCUT2D eigenvalue weighted by Gasteiger charge is -2.25. The maximum absolute atomic E-state index is 2.30. The van der Waals surface area contributed by atoms with Crippen LogP contribution in [-0.2, 0) is 0 Å². The number of benzene rings is 2. The summed E-state index contributed by atoms with van der Waals surface area (Å²) in [5, 5.41) is 0. The lowest BCUT2D eigenvalue weighted by molar-refractivity contribution is 1.07. The van der Waals surface area contributed by atoms with Crippen LogP contribution < -0.4 is 9.80 Å². The lowest BCUT2D eigenvalue weighted by Crippen LogP contribution is -2.18. The van der Waals surface area contributed by atoms with E-state index in [2.05, 4.69) is 80.8 Å². The van der Waals surface area contributed by atoms with E-state index < -0.39 is 0 Å². The molecule has 0 saturated carbocycles. The molecule has 2 nitrogen and oxygen atoms in total. The molecule has 0 fully saturated rings. The van der Waals surface area contributed by atoms with E-state index in [1.54, 1.807) is 0 Å². The summed E-state index contributed by atoms with van der Waals surface area (Å²) in [6, 6.07) is 13.0. The molecule has 0 amide bonds. The maximum Gasteiger partial charge on any atom is 0.0644 e. The summed E-state index contributed by atoms with van der Waals surface area (Å²) in [7, 11) is 8.41. The maximum atomic E-state index is 2.30. The molecule has 0 aromatic heterocycles. The Morgan fingerprint density at radius 3 is 2.16 bits per heavy atom. The van der Waals surface area contributed by atoms with Crippen LogP contribution in [0.5, 0.6) is 0 Å². The van der Waals surface area contributed by atoms with Gasteiger partial charge in [0.15, 0.2) is 0 Å². The molecule has 0 N–H and O–H groups in total. The van der Waals surface area contributed by atoms with Gasteiger partial charge in [0, 0.05) is 34.6 Å². The molecule has 2 aromatic rings. The van der Waals surface area contributed by atoms with Gasteiger partial charge >= 0.3 is 0 Å². The summed E-state index contributed by atoms with van der Waals surface area (Å²) < 4.78 is 0. The normalized spacial score (nSPS) is 12.0. The molecular formula is C17H19N2. The van der Waals surface area contributed by atoms with Crippen LogP contribution >= 0.6 is 0 Å². The summed E-state index contributed by atoms with van der Waals surface area (Å²) >= 11 is 0. The summed E-state index contributed by atoms with van der Waals surface area (Å²) in [4.78, 5) is 4.38. The lowest BCUT2D eigenvalue weighted by atomic mass is 10.0. The number of fused-ring (bicyclic) bond motifs is 3. The van der Waals surface area contributed by atoms with E-state index in [0.29, 0.717) is 0 Å². The van der Waals surface area contributed by atoms with Crippen molar-refractivity contribution in [1.29, 1.82) is 0 Å². The van der Waals surface area contributed by atoms with Gasteiger partial charge in [-0.05, 0) is 28.3 Å². The van der Waals surface area contributed by atoms with E-state index in [1.807, 2.05) is 0 Å². The van der Waals surface area contributed by atoms with E-state index in [0.717, 1.165) is 0 Å². The first-order valence-corrected chi connectivity index (χ1v) is 6.55. The molecule has 2 heteroatoms. The molecular weight excluding hydrogens is 232 g/mol. The van der Waals surface area contributed by atoms with Gasteiger partial charge in [-0.1, -0.05) is 30.3 Å². The number of nitrogens with zero attached hydrogens (tertiary/aromatic N) is 2. The quantitative estimate of drug-likeness (QED) is 0.689. The molecule has 0 saturated heterocycles. The Bertz CT molecular complexity index is 627. The summed E-state index contributed by atoms with van der Waals surface area (Å²) in [6.45, 7) is 0. The van der Waals surface area contributed by atoms with E-state index in [1.165, 1.54) is 33.6 Å². The van der Waals surface area contributed by atoms with Gasteiger partial charge in [0.2, 0.25) is 0 Å². The summed E-state index contributed by atoms with van der Waals surface area (Å²) in [6.07, 6.45) is 2.30. The summed E-state index contributed by atoms with van der Waals surface area (Å²) in [5.41, 5.74) is 7.87. The third-order valence-corrected chi connectivity index (χ3v) is 3.68. The number of anilines is 2. The molecule has 1 aliphatic rings. The molecule has 97 valence electrons. The molecule has 0 heterocycles. The standard InChI is InChI=1S/C17H19N2/c1-18(2)16-10-9-14-13-8-6-5-7-12(13)11-15(14)17(16)19(3)4/h5-11H,1-4H3. The predicted octanol–water partition coefficient (Wildman–Crippen LogP) is 3.40. The fraction of sp³-hybridized carbons (Fsp3) is 0.235. The van der Waals surface area contributed by atoms with E-state index >= 15 is 0 Å². The van der Waals surface area contributed by atoms with Crippen LogP contribution in [0, 0.1) is 6.42 Å². The third-order valence-electron chi connectivity index (χ3n) is 3.68. The molecule has 1 radical (unpaired) electrons. The fourth-order valence-electron chi connectivity index (χ4n) is 2.83. The number of rotatable bonds is 2. The van der Waals surface area contributed by atoms with Crippen LogP contribution in [0.25, 0.3) is 11.1 Å². The zero-order valence-corrected chi connectivity index (χ0v) is 11.9. The third kappa shape index (κ3) is 1.79. The topological polar surface area (TPSA) is 6.48 Å². The van der Waals surface area contributed by atoms with Crippen molar-refractivity contribution in [2.24, 2.45) is 0 Å². The Morgan fingerprint density at radius 1 is 0.737 bits per heavy atom. The molecule has 0 spiro atoms. The molecule has 0 unspecified atom stereocenters. The van der Waals surface area contributed by atoms with Crippen LogP contribution in [0.2, 0.25) is 0 Å². The molecule has 19 heavy (non-hydrogen) atoms. The van der Waals surface area contributed by atoms with E-state index in [9.17, 15) is 0 Å². The van der Waals surface area contributed by atoms with Gasteiger partial charge in [0.25, 0.3) is 0 Å². The Morgan fingerprint density at radius 2 is 1.47 bits per heavy atom. The molecule has 3 rings (SSSR count). The first-order chi connectivity index (χ1) is 9.09. The first kappa shape index (κ1) is 12.1. The highest BCUT2D eigenvalue weighted by atomic mass is 15.1. The van der Waals surface area contributed by atoms with Crippen molar-refractivity contribution in [3.8, 4) is 11.1 Å². The van der Waals surface area contributed by atoms with Gasteiger partial charge in [0.05, 0.1) is 11.4 Å². The number of hydrogen-bond donors (Lipinski definition) is 0. The van der Waals surface area contributed by atoms with Gasteiger partial charge in [-0.25, -0.2) is 0 Å². The SMILES string of the molecule is CN(C)c1ccc2c(c1N(C)C)[CH]c1ccccc1-2. The van der Waals surface area contributed by atoms with Crippen molar-refractivity contribution in [1.82, 2.24) is 0 Å². The minimum absolute atomic E-state index is 1.26. The number of hydrogen-bond acceptors (Lipinski definition) is 2. The van der Waals surface area contributed by atoms with Crippen molar-refractivity contribution >= 4 is 11.4 Å². The second-order valence-electron chi connectivity index (χ2n) is 5.41. The molecule has 0 atom stereocenters. The zero-order valence-electron chi connectivity index (χ0n) is 11.9. The highest BCUT2D eigenvalue weighted by Crippen LogP contribution is 2.45. The van der Waals surface area contributed by atoms with Crippen LogP contribution in [0.1, 0.15) is 11.1 Å². The predicted molar refractivity (Wildman–Crippen MR) is 83.0 cm³/mol. The van der Waals surface area contributed by atoms with Gasteiger partial charge in [-0.15, -0.1) is 0 Å². The Balaban J connectivity index is 2.25. The van der Waals surface area contributed by atoms with Gasteiger partial charge in [0.1, 0.15) is 0 Å². The first-order valence-electron chi connectivity index (χ1n) is 6.55. The highest BCUT2D eigenvalue weighted by molar-refractivity contribution is 5.91. The van der Waals surface area contributed by atoms with Crippen LogP contribution in [0.4, 0.5) is 11.4 Å².